The van der Waals surface area contributed by atoms with Gasteiger partial charge in [-0.15, -0.1) is 0 Å². The molecule has 0 aliphatic carbocycles. The molecule has 0 unspecified atom stereocenters. The number of sulfonamides is 1. The predicted octanol–water partition coefficient (Wildman–Crippen LogP) is 1.19. The number of carbonyl (C=O) groups excluding carboxylic acids is 1. The Bertz CT molecular complexity index is 641. The first-order valence-corrected chi connectivity index (χ1v) is 9.78. The second kappa shape index (κ2) is 8.43. The van der Waals surface area contributed by atoms with Crippen molar-refractivity contribution in [2.75, 3.05) is 43.4 Å². The normalized spacial score (nSPS) is 16.2. The van der Waals surface area contributed by atoms with Gasteiger partial charge in [0.1, 0.15) is 5.82 Å². The van der Waals surface area contributed by atoms with E-state index < -0.39 is 10.0 Å². The van der Waals surface area contributed by atoms with Gasteiger partial charge in [0.05, 0.1) is 5.75 Å². The topological polar surface area (TPSA) is 69.7 Å². The zero-order valence-electron chi connectivity index (χ0n) is 13.9. The van der Waals surface area contributed by atoms with Crippen LogP contribution in [0.25, 0.3) is 0 Å². The fraction of sp³-hybridized carbons (Fsp3) is 0.562. The van der Waals surface area contributed by atoms with Crippen molar-refractivity contribution < 1.29 is 17.6 Å². The summed E-state index contributed by atoms with van der Waals surface area (Å²) in [6, 6.07) is 6.19. The maximum absolute atomic E-state index is 13.0. The van der Waals surface area contributed by atoms with Crippen LogP contribution in [-0.4, -0.2) is 57.1 Å². The minimum absolute atomic E-state index is 0.0843. The third-order valence-corrected chi connectivity index (χ3v) is 5.86. The number of rotatable bonds is 7. The molecule has 2 rings (SSSR count). The molecule has 0 radical (unpaired) electrons. The van der Waals surface area contributed by atoms with Crippen molar-refractivity contribution >= 4 is 21.6 Å². The molecular formula is C16H24FN3O3S. The van der Waals surface area contributed by atoms with Gasteiger partial charge in [-0.1, -0.05) is 6.92 Å². The van der Waals surface area contributed by atoms with Crippen molar-refractivity contribution in [3.8, 4) is 0 Å². The maximum atomic E-state index is 13.0. The summed E-state index contributed by atoms with van der Waals surface area (Å²) in [5.41, 5.74) is 0.889. The van der Waals surface area contributed by atoms with Crippen LogP contribution in [0.5, 0.6) is 0 Å². The number of nitrogens with zero attached hydrogens (tertiary/aromatic N) is 2. The van der Waals surface area contributed by atoms with E-state index in [9.17, 15) is 17.6 Å². The van der Waals surface area contributed by atoms with E-state index in [0.29, 0.717) is 32.6 Å². The Morgan fingerprint density at radius 1 is 1.17 bits per heavy atom. The number of hydrogen-bond donors (Lipinski definition) is 1. The van der Waals surface area contributed by atoms with E-state index in [4.69, 9.17) is 0 Å². The van der Waals surface area contributed by atoms with E-state index in [2.05, 4.69) is 5.32 Å². The smallest absolute Gasteiger partial charge is 0.220 e. The summed E-state index contributed by atoms with van der Waals surface area (Å²) >= 11 is 0. The summed E-state index contributed by atoms with van der Waals surface area (Å²) in [5.74, 6) is -0.488. The summed E-state index contributed by atoms with van der Waals surface area (Å²) in [6.45, 7) is 3.95. The van der Waals surface area contributed by atoms with Crippen molar-refractivity contribution in [1.82, 2.24) is 9.62 Å². The molecule has 1 saturated heterocycles. The van der Waals surface area contributed by atoms with Gasteiger partial charge >= 0.3 is 0 Å². The minimum Gasteiger partial charge on any atom is -0.369 e. The molecule has 1 fully saturated rings. The first kappa shape index (κ1) is 18.7. The highest BCUT2D eigenvalue weighted by molar-refractivity contribution is 7.89. The average Bonchev–Trinajstić information content (AvgIpc) is 2.56. The molecule has 8 heteroatoms. The second-order valence-corrected chi connectivity index (χ2v) is 7.87. The summed E-state index contributed by atoms with van der Waals surface area (Å²) in [4.78, 5) is 13.4. The first-order chi connectivity index (χ1) is 11.4. The molecule has 0 bridgehead atoms. The van der Waals surface area contributed by atoms with E-state index in [1.54, 1.807) is 12.1 Å². The predicted molar refractivity (Wildman–Crippen MR) is 91.9 cm³/mol. The van der Waals surface area contributed by atoms with Crippen LogP contribution in [0.15, 0.2) is 24.3 Å². The van der Waals surface area contributed by atoms with E-state index >= 15 is 0 Å². The highest BCUT2D eigenvalue weighted by atomic mass is 32.2. The maximum Gasteiger partial charge on any atom is 0.220 e. The Kier molecular flexibility index (Phi) is 6.56. The Labute approximate surface area is 142 Å². The van der Waals surface area contributed by atoms with Crippen LogP contribution < -0.4 is 10.2 Å². The Morgan fingerprint density at radius 2 is 1.79 bits per heavy atom. The van der Waals surface area contributed by atoms with E-state index in [-0.39, 0.29) is 24.0 Å². The highest BCUT2D eigenvalue weighted by Crippen LogP contribution is 2.18. The average molecular weight is 357 g/mol. The van der Waals surface area contributed by atoms with E-state index in [0.717, 1.165) is 12.1 Å². The first-order valence-electron chi connectivity index (χ1n) is 8.17. The largest absolute Gasteiger partial charge is 0.369 e. The van der Waals surface area contributed by atoms with Crippen molar-refractivity contribution in [2.45, 2.75) is 19.8 Å². The summed E-state index contributed by atoms with van der Waals surface area (Å²) in [5, 5.41) is 2.63. The molecule has 1 aromatic carbocycles. The quantitative estimate of drug-likeness (QED) is 0.796. The number of benzene rings is 1. The SMILES string of the molecule is CCCC(=O)NCCS(=O)(=O)N1CCN(c2ccc(F)cc2)CC1. The molecule has 24 heavy (non-hydrogen) atoms. The number of carbonyl (C=O) groups is 1. The number of piperazine rings is 1. The van der Waals surface area contributed by atoms with Crippen LogP contribution in [-0.2, 0) is 14.8 Å². The summed E-state index contributed by atoms with van der Waals surface area (Å²) in [6.07, 6.45) is 1.15. The fourth-order valence-electron chi connectivity index (χ4n) is 2.64. The van der Waals surface area contributed by atoms with Crippen molar-refractivity contribution in [3.63, 3.8) is 0 Å². The number of hydrogen-bond acceptors (Lipinski definition) is 4. The van der Waals surface area contributed by atoms with Gasteiger partial charge in [-0.25, -0.2) is 12.8 Å². The molecule has 1 aromatic rings. The molecule has 1 amide bonds. The molecule has 1 aliphatic rings. The molecule has 0 spiro atoms. The van der Waals surface area contributed by atoms with Gasteiger partial charge in [0, 0.05) is 44.8 Å². The van der Waals surface area contributed by atoms with E-state index in [1.165, 1.54) is 16.4 Å². The van der Waals surface area contributed by atoms with Crippen LogP contribution in [0.1, 0.15) is 19.8 Å². The Morgan fingerprint density at radius 3 is 2.38 bits per heavy atom. The lowest BCUT2D eigenvalue weighted by Gasteiger charge is -2.35. The summed E-state index contributed by atoms with van der Waals surface area (Å²) in [7, 11) is -3.37. The number of amides is 1. The van der Waals surface area contributed by atoms with Crippen LogP contribution in [0.2, 0.25) is 0 Å². The van der Waals surface area contributed by atoms with Crippen molar-refractivity contribution in [1.29, 1.82) is 0 Å². The molecule has 0 atom stereocenters. The highest BCUT2D eigenvalue weighted by Gasteiger charge is 2.26. The second-order valence-electron chi connectivity index (χ2n) is 5.78. The number of anilines is 1. The zero-order valence-corrected chi connectivity index (χ0v) is 14.7. The van der Waals surface area contributed by atoms with Gasteiger partial charge in [0.15, 0.2) is 0 Å². The van der Waals surface area contributed by atoms with Crippen LogP contribution in [0.4, 0.5) is 10.1 Å². The number of nitrogens with one attached hydrogen (secondary N) is 1. The van der Waals surface area contributed by atoms with Gasteiger partial charge in [0.25, 0.3) is 0 Å². The molecule has 134 valence electrons. The lowest BCUT2D eigenvalue weighted by Crippen LogP contribution is -2.50. The molecule has 0 saturated carbocycles. The van der Waals surface area contributed by atoms with Crippen LogP contribution in [0.3, 0.4) is 0 Å². The Balaban J connectivity index is 1.82. The Hall–Kier alpha value is -1.67. The van der Waals surface area contributed by atoms with Crippen LogP contribution >= 0.6 is 0 Å². The zero-order chi connectivity index (χ0) is 17.6. The molecule has 1 aliphatic heterocycles. The lowest BCUT2D eigenvalue weighted by atomic mass is 10.2. The van der Waals surface area contributed by atoms with Gasteiger partial charge in [0.2, 0.25) is 15.9 Å². The van der Waals surface area contributed by atoms with Gasteiger partial charge in [-0.05, 0) is 30.7 Å². The minimum atomic E-state index is -3.37. The van der Waals surface area contributed by atoms with Crippen molar-refractivity contribution in [2.24, 2.45) is 0 Å². The standard InChI is InChI=1S/C16H24FN3O3S/c1-2-3-16(21)18-8-13-24(22,23)20-11-9-19(10-12-20)15-6-4-14(17)5-7-15/h4-7H,2-3,8-13H2,1H3,(H,18,21). The summed E-state index contributed by atoms with van der Waals surface area (Å²) < 4.78 is 39.1. The monoisotopic (exact) mass is 357 g/mol. The van der Waals surface area contributed by atoms with Gasteiger partial charge in [-0.2, -0.15) is 4.31 Å². The van der Waals surface area contributed by atoms with Gasteiger partial charge < -0.3 is 10.2 Å². The number of halogens is 1. The molecule has 0 aromatic heterocycles. The fourth-order valence-corrected chi connectivity index (χ4v) is 3.98. The van der Waals surface area contributed by atoms with Gasteiger partial charge in [-0.3, -0.25) is 4.79 Å². The molecule has 6 nitrogen and oxygen atoms in total. The lowest BCUT2D eigenvalue weighted by molar-refractivity contribution is -0.120. The third-order valence-electron chi connectivity index (χ3n) is 3.98. The molecule has 1 heterocycles. The van der Waals surface area contributed by atoms with Crippen LogP contribution in [0, 0.1) is 5.82 Å². The van der Waals surface area contributed by atoms with Crippen molar-refractivity contribution in [3.05, 3.63) is 30.1 Å². The van der Waals surface area contributed by atoms with E-state index in [1.807, 2.05) is 11.8 Å². The third kappa shape index (κ3) is 5.17. The molecular weight excluding hydrogens is 333 g/mol. The molecule has 1 N–H and O–H groups in total.